The van der Waals surface area contributed by atoms with Crippen molar-refractivity contribution in [3.8, 4) is 0 Å². The molecule has 0 aliphatic carbocycles. The van der Waals surface area contributed by atoms with Crippen LogP contribution in [0.3, 0.4) is 0 Å². The lowest BCUT2D eigenvalue weighted by Gasteiger charge is -2.06. The second-order valence-electron chi connectivity index (χ2n) is 4.42. The van der Waals surface area contributed by atoms with Crippen LogP contribution in [-0.4, -0.2) is 21.7 Å². The fraction of sp³-hybridized carbons (Fsp3) is 0.312. The van der Waals surface area contributed by atoms with Crippen LogP contribution in [0.4, 0.5) is 5.82 Å². The van der Waals surface area contributed by atoms with Gasteiger partial charge in [0.15, 0.2) is 5.82 Å². The van der Waals surface area contributed by atoms with Gasteiger partial charge in [-0.15, -0.1) is 0 Å². The fourth-order valence-electron chi connectivity index (χ4n) is 1.64. The highest BCUT2D eigenvalue weighted by Crippen LogP contribution is 2.15. The summed E-state index contributed by atoms with van der Waals surface area (Å²) in [7, 11) is 0. The Balaban J connectivity index is 0.00000106. The van der Waals surface area contributed by atoms with E-state index in [1.165, 1.54) is 0 Å². The van der Waals surface area contributed by atoms with Gasteiger partial charge in [-0.3, -0.25) is 4.98 Å². The molecule has 1 atom stereocenters. The molecule has 0 fully saturated rings. The zero-order valence-electron chi connectivity index (χ0n) is 13.0. The Labute approximate surface area is 125 Å². The summed E-state index contributed by atoms with van der Waals surface area (Å²) >= 11 is 0. The smallest absolute Gasteiger partial charge is 0.153 e. The molecule has 5 nitrogen and oxygen atoms in total. The van der Waals surface area contributed by atoms with Gasteiger partial charge >= 0.3 is 0 Å². The van der Waals surface area contributed by atoms with Crippen molar-refractivity contribution in [2.45, 2.75) is 33.7 Å². The van der Waals surface area contributed by atoms with E-state index in [1.54, 1.807) is 19.2 Å². The Kier molecular flexibility index (Phi) is 6.49. The van der Waals surface area contributed by atoms with Crippen LogP contribution in [0.2, 0.25) is 0 Å². The molecule has 2 aromatic heterocycles. The Morgan fingerprint density at radius 3 is 2.57 bits per heavy atom. The van der Waals surface area contributed by atoms with Crippen LogP contribution in [0, 0.1) is 0 Å². The van der Waals surface area contributed by atoms with E-state index >= 15 is 0 Å². The summed E-state index contributed by atoms with van der Waals surface area (Å²) in [5.41, 5.74) is 14.6. The zero-order chi connectivity index (χ0) is 15.8. The highest BCUT2D eigenvalue weighted by Gasteiger charge is 2.04. The van der Waals surface area contributed by atoms with Crippen LogP contribution in [-0.2, 0) is 0 Å². The summed E-state index contributed by atoms with van der Waals surface area (Å²) in [5.74, 6) is 0.602. The molecule has 2 heterocycles. The second-order valence-corrected chi connectivity index (χ2v) is 4.42. The summed E-state index contributed by atoms with van der Waals surface area (Å²) in [6.45, 7) is 7.66. The number of fused-ring (bicyclic) bond motifs is 1. The number of aromatic nitrogens is 2. The Morgan fingerprint density at radius 2 is 1.95 bits per heavy atom. The molecule has 1 unspecified atom stereocenters. The molecule has 112 valence electrons. The maximum Gasteiger partial charge on any atom is 0.153 e. The normalized spacial score (nSPS) is 13.6. The minimum absolute atomic E-state index is 0.204. The summed E-state index contributed by atoms with van der Waals surface area (Å²) < 4.78 is 0. The van der Waals surface area contributed by atoms with Crippen molar-refractivity contribution in [2.75, 3.05) is 0 Å². The minimum atomic E-state index is -0.204. The molecule has 0 aliphatic rings. The van der Waals surface area contributed by atoms with E-state index in [1.807, 2.05) is 45.0 Å². The van der Waals surface area contributed by atoms with E-state index in [0.29, 0.717) is 17.2 Å². The first kappa shape index (κ1) is 16.8. The summed E-state index contributed by atoms with van der Waals surface area (Å²) in [5, 5.41) is 0. The van der Waals surface area contributed by atoms with Crippen LogP contribution in [0.1, 0.15) is 27.7 Å². The molecule has 0 bridgehead atoms. The van der Waals surface area contributed by atoms with Crippen LogP contribution in [0.15, 0.2) is 47.2 Å². The van der Waals surface area contributed by atoms with E-state index in [2.05, 4.69) is 15.0 Å². The van der Waals surface area contributed by atoms with Crippen molar-refractivity contribution in [1.29, 1.82) is 0 Å². The molecule has 0 amide bonds. The average molecular weight is 285 g/mol. The molecule has 0 saturated heterocycles. The number of pyridine rings is 2. The van der Waals surface area contributed by atoms with E-state index in [9.17, 15) is 0 Å². The predicted molar refractivity (Wildman–Crippen MR) is 89.6 cm³/mol. The minimum Gasteiger partial charge on any atom is -0.402 e. The zero-order valence-corrected chi connectivity index (χ0v) is 13.0. The second kappa shape index (κ2) is 8.11. The number of nitrogens with zero attached hydrogens (tertiary/aromatic N) is 3. The van der Waals surface area contributed by atoms with Crippen molar-refractivity contribution in [2.24, 2.45) is 16.5 Å². The Bertz CT molecular complexity index is 640. The number of hydrogen-bond acceptors (Lipinski definition) is 5. The van der Waals surface area contributed by atoms with Gasteiger partial charge < -0.3 is 11.5 Å². The highest BCUT2D eigenvalue weighted by atomic mass is 14.9. The lowest BCUT2D eigenvalue weighted by Crippen LogP contribution is -2.25. The average Bonchev–Trinajstić information content (AvgIpc) is 2.48. The maximum absolute atomic E-state index is 5.87. The largest absolute Gasteiger partial charge is 0.402 e. The van der Waals surface area contributed by atoms with Crippen LogP contribution in [0.25, 0.3) is 11.0 Å². The first-order chi connectivity index (χ1) is 10.1. The molecule has 0 aromatic carbocycles. The van der Waals surface area contributed by atoms with Gasteiger partial charge in [0.2, 0.25) is 0 Å². The molecular formula is C16H23N5. The number of rotatable bonds is 3. The summed E-state index contributed by atoms with van der Waals surface area (Å²) in [6, 6.07) is 7.25. The highest BCUT2D eigenvalue weighted by molar-refractivity contribution is 6.00. The van der Waals surface area contributed by atoms with Crippen LogP contribution >= 0.6 is 0 Å². The molecular weight excluding hydrogens is 262 g/mol. The van der Waals surface area contributed by atoms with Crippen molar-refractivity contribution in [1.82, 2.24) is 9.97 Å². The topological polar surface area (TPSA) is 90.2 Å². The Morgan fingerprint density at radius 1 is 1.24 bits per heavy atom. The predicted octanol–water partition coefficient (Wildman–Crippen LogP) is 2.94. The van der Waals surface area contributed by atoms with Gasteiger partial charge in [-0.05, 0) is 44.2 Å². The van der Waals surface area contributed by atoms with E-state index in [0.717, 1.165) is 11.0 Å². The third-order valence-corrected chi connectivity index (χ3v) is 2.53. The molecule has 5 heteroatoms. The molecule has 4 N–H and O–H groups in total. The van der Waals surface area contributed by atoms with E-state index in [-0.39, 0.29) is 6.04 Å². The number of allylic oxidation sites excluding steroid dienone is 1. The molecule has 21 heavy (non-hydrogen) atoms. The molecule has 0 aliphatic heterocycles. The van der Waals surface area contributed by atoms with E-state index in [4.69, 9.17) is 11.5 Å². The van der Waals surface area contributed by atoms with E-state index < -0.39 is 0 Å². The van der Waals surface area contributed by atoms with Gasteiger partial charge in [-0.1, -0.05) is 13.8 Å². The fourth-order valence-corrected chi connectivity index (χ4v) is 1.64. The number of hydrogen-bond donors (Lipinski definition) is 2. The van der Waals surface area contributed by atoms with Crippen molar-refractivity contribution >= 4 is 22.6 Å². The first-order valence-electron chi connectivity index (χ1n) is 7.06. The maximum atomic E-state index is 5.87. The molecule has 0 saturated carbocycles. The molecule has 2 rings (SSSR count). The van der Waals surface area contributed by atoms with Crippen molar-refractivity contribution in [3.05, 3.63) is 42.2 Å². The lowest BCUT2D eigenvalue weighted by molar-refractivity contribution is 0.974. The van der Waals surface area contributed by atoms with Gasteiger partial charge in [-0.2, -0.15) is 0 Å². The summed E-state index contributed by atoms with van der Waals surface area (Å²) in [6.07, 6.45) is 3.50. The van der Waals surface area contributed by atoms with Gasteiger partial charge in [0, 0.05) is 17.9 Å². The Hall–Kier alpha value is -2.27. The van der Waals surface area contributed by atoms with Crippen LogP contribution in [0.5, 0.6) is 0 Å². The van der Waals surface area contributed by atoms with Gasteiger partial charge in [0.1, 0.15) is 0 Å². The molecule has 0 spiro atoms. The van der Waals surface area contributed by atoms with Crippen molar-refractivity contribution < 1.29 is 0 Å². The van der Waals surface area contributed by atoms with Gasteiger partial charge in [-0.25, -0.2) is 9.98 Å². The van der Waals surface area contributed by atoms with Gasteiger partial charge in [0.05, 0.1) is 16.7 Å². The van der Waals surface area contributed by atoms with Gasteiger partial charge in [0.25, 0.3) is 0 Å². The summed E-state index contributed by atoms with van der Waals surface area (Å²) in [4.78, 5) is 13.1. The third kappa shape index (κ3) is 4.96. The number of nitrogens with two attached hydrogens (primary N) is 2. The third-order valence-electron chi connectivity index (χ3n) is 2.53. The lowest BCUT2D eigenvalue weighted by atomic mass is 10.2. The molecule has 0 radical (unpaired) electrons. The standard InChI is InChI=1S/C14H17N5.C2H6/c1-9(15)8-13(10(2)16)19-14-6-5-11-12(18-14)4-3-7-17-11;1-2/h3-8,10H,15-16H2,1-2H3;1-2H3/b9-8-,19-13?;. The number of aliphatic imine (C=N–C) groups is 1. The monoisotopic (exact) mass is 285 g/mol. The first-order valence-corrected chi connectivity index (χ1v) is 7.06. The quantitative estimate of drug-likeness (QED) is 0.848. The molecule has 2 aromatic rings. The SMILES string of the molecule is C/C(N)=C/C(=Nc1ccc2ncccc2n1)C(C)N.CC. The van der Waals surface area contributed by atoms with Crippen LogP contribution < -0.4 is 11.5 Å². The van der Waals surface area contributed by atoms with Crippen molar-refractivity contribution in [3.63, 3.8) is 0 Å².